The number of anilines is 1. The first-order valence-corrected chi connectivity index (χ1v) is 10.4. The Hall–Kier alpha value is -1.08. The van der Waals surface area contributed by atoms with Crippen LogP contribution in [0.2, 0.25) is 5.15 Å². The minimum absolute atomic E-state index is 0.478. The largest absolute Gasteiger partial charge is 0.381 e. The summed E-state index contributed by atoms with van der Waals surface area (Å²) in [5.41, 5.74) is 4.32. The lowest BCUT2D eigenvalue weighted by Crippen LogP contribution is -2.16. The van der Waals surface area contributed by atoms with Crippen LogP contribution < -0.4 is 5.32 Å². The Labute approximate surface area is 164 Å². The normalized spacial score (nSPS) is 15.8. The summed E-state index contributed by atoms with van der Waals surface area (Å²) in [5, 5.41) is 6.13. The maximum Gasteiger partial charge on any atom is 0.132 e. The second kappa shape index (κ2) is 7.27. The summed E-state index contributed by atoms with van der Waals surface area (Å²) in [6.07, 6.45) is 2.07. The first-order chi connectivity index (χ1) is 12.1. The molecule has 7 heteroatoms. The highest BCUT2D eigenvalue weighted by Crippen LogP contribution is 2.41. The lowest BCUT2D eigenvalue weighted by Gasteiger charge is -2.23. The fourth-order valence-electron chi connectivity index (χ4n) is 3.54. The summed E-state index contributed by atoms with van der Waals surface area (Å²) in [6, 6.07) is 6.11. The van der Waals surface area contributed by atoms with E-state index < -0.39 is 0 Å². The zero-order valence-electron chi connectivity index (χ0n) is 13.9. The van der Waals surface area contributed by atoms with Crippen LogP contribution in [0.5, 0.6) is 0 Å². The molecule has 0 aromatic carbocycles. The van der Waals surface area contributed by atoms with Crippen LogP contribution in [0.1, 0.15) is 29.3 Å². The van der Waals surface area contributed by atoms with E-state index in [1.807, 2.05) is 6.07 Å². The Bertz CT molecular complexity index is 888. The van der Waals surface area contributed by atoms with Crippen molar-refractivity contribution < 1.29 is 4.74 Å². The number of halogens is 2. The number of ether oxygens (including phenoxy) is 1. The molecule has 4 nitrogen and oxygen atoms in total. The monoisotopic (exact) mass is 439 g/mol. The summed E-state index contributed by atoms with van der Waals surface area (Å²) >= 11 is 11.8. The molecule has 0 amide bonds. The zero-order valence-corrected chi connectivity index (χ0v) is 17.0. The maximum atomic E-state index is 6.31. The molecule has 1 aliphatic heterocycles. The van der Waals surface area contributed by atoms with Gasteiger partial charge in [-0.15, -0.1) is 11.3 Å². The number of fused-ring (bicyclic) bond motifs is 1. The Kier molecular flexibility index (Phi) is 5.04. The van der Waals surface area contributed by atoms with Crippen molar-refractivity contribution >= 4 is 55.6 Å². The molecule has 0 spiro atoms. The van der Waals surface area contributed by atoms with Crippen LogP contribution in [-0.2, 0) is 18.3 Å². The van der Waals surface area contributed by atoms with Gasteiger partial charge in [0.15, 0.2) is 0 Å². The van der Waals surface area contributed by atoms with Crippen LogP contribution >= 0.6 is 38.9 Å². The molecular formula is C18H19BrClN3OS. The van der Waals surface area contributed by atoms with Gasteiger partial charge in [-0.1, -0.05) is 17.7 Å². The molecule has 0 unspecified atom stereocenters. The summed E-state index contributed by atoms with van der Waals surface area (Å²) in [5.74, 6) is 0.478. The minimum Gasteiger partial charge on any atom is -0.381 e. The van der Waals surface area contributed by atoms with Crippen molar-refractivity contribution in [2.24, 2.45) is 7.05 Å². The third-order valence-electron chi connectivity index (χ3n) is 4.73. The standard InChI is InChI=1S/C18H19BrClN3OS/c1-23-17(11-4-6-24-7-5-11)15(19)16-18(23)13(9-14(20)22-16)21-10-12-3-2-8-25-12/h2-3,8-9,11H,4-7,10H2,1H3,(H,21,22). The van der Waals surface area contributed by atoms with Gasteiger partial charge in [0.1, 0.15) is 10.7 Å². The summed E-state index contributed by atoms with van der Waals surface area (Å²) in [6.45, 7) is 2.41. The van der Waals surface area contributed by atoms with Crippen molar-refractivity contribution in [1.82, 2.24) is 9.55 Å². The SMILES string of the molecule is Cn1c(C2CCOCC2)c(Br)c2nc(Cl)cc(NCc3cccs3)c21. The lowest BCUT2D eigenvalue weighted by molar-refractivity contribution is 0.0839. The van der Waals surface area contributed by atoms with Crippen molar-refractivity contribution in [2.45, 2.75) is 25.3 Å². The van der Waals surface area contributed by atoms with Gasteiger partial charge in [0.05, 0.1) is 15.7 Å². The molecule has 0 radical (unpaired) electrons. The van der Waals surface area contributed by atoms with E-state index in [4.69, 9.17) is 16.3 Å². The molecule has 1 N–H and O–H groups in total. The number of aryl methyl sites for hydroxylation is 1. The number of nitrogens with one attached hydrogen (secondary N) is 1. The van der Waals surface area contributed by atoms with Crippen LogP contribution in [0, 0.1) is 0 Å². The molecule has 0 saturated carbocycles. The fourth-order valence-corrected chi connectivity index (χ4v) is 5.25. The molecule has 132 valence electrons. The zero-order chi connectivity index (χ0) is 17.4. The van der Waals surface area contributed by atoms with Crippen molar-refractivity contribution in [3.05, 3.63) is 43.8 Å². The van der Waals surface area contributed by atoms with Gasteiger partial charge < -0.3 is 14.6 Å². The molecule has 1 saturated heterocycles. The van der Waals surface area contributed by atoms with Crippen molar-refractivity contribution in [3.8, 4) is 0 Å². The average molecular weight is 441 g/mol. The summed E-state index contributed by atoms with van der Waals surface area (Å²) in [4.78, 5) is 5.88. The van der Waals surface area contributed by atoms with Crippen molar-refractivity contribution in [1.29, 1.82) is 0 Å². The van der Waals surface area contributed by atoms with E-state index in [1.165, 1.54) is 10.6 Å². The van der Waals surface area contributed by atoms with Gasteiger partial charge >= 0.3 is 0 Å². The maximum absolute atomic E-state index is 6.31. The van der Waals surface area contributed by atoms with Gasteiger partial charge in [0.2, 0.25) is 0 Å². The first kappa shape index (κ1) is 17.3. The van der Waals surface area contributed by atoms with Gasteiger partial charge in [0, 0.05) is 49.4 Å². The van der Waals surface area contributed by atoms with Crippen LogP contribution in [-0.4, -0.2) is 22.8 Å². The number of pyridine rings is 1. The number of hydrogen-bond acceptors (Lipinski definition) is 4. The first-order valence-electron chi connectivity index (χ1n) is 8.33. The predicted octanol–water partition coefficient (Wildman–Crippen LogP) is 5.56. The second-order valence-corrected chi connectivity index (χ2v) is 8.48. The molecule has 3 aromatic rings. The highest BCUT2D eigenvalue weighted by molar-refractivity contribution is 9.10. The minimum atomic E-state index is 0.478. The van der Waals surface area contributed by atoms with Gasteiger partial charge in [0.25, 0.3) is 0 Å². The Morgan fingerprint density at radius 2 is 2.24 bits per heavy atom. The van der Waals surface area contributed by atoms with Crippen LogP contribution in [0.4, 0.5) is 5.69 Å². The average Bonchev–Trinajstić information content (AvgIpc) is 3.21. The van der Waals surface area contributed by atoms with E-state index in [1.54, 1.807) is 11.3 Å². The number of aromatic nitrogens is 2. The van der Waals surface area contributed by atoms with E-state index in [-0.39, 0.29) is 0 Å². The van der Waals surface area contributed by atoms with E-state index in [0.717, 1.165) is 53.8 Å². The number of rotatable bonds is 4. The van der Waals surface area contributed by atoms with Crippen LogP contribution in [0.15, 0.2) is 28.1 Å². The molecule has 25 heavy (non-hydrogen) atoms. The molecule has 0 atom stereocenters. The van der Waals surface area contributed by atoms with Crippen LogP contribution in [0.25, 0.3) is 11.0 Å². The van der Waals surface area contributed by atoms with E-state index in [2.05, 4.69) is 55.4 Å². The highest BCUT2D eigenvalue weighted by atomic mass is 79.9. The third kappa shape index (κ3) is 3.33. The van der Waals surface area contributed by atoms with Gasteiger partial charge in [-0.25, -0.2) is 4.98 Å². The molecule has 0 bridgehead atoms. The highest BCUT2D eigenvalue weighted by Gasteiger charge is 2.26. The summed E-state index contributed by atoms with van der Waals surface area (Å²) < 4.78 is 8.84. The lowest BCUT2D eigenvalue weighted by atomic mass is 9.96. The fraction of sp³-hybridized carbons (Fsp3) is 0.389. The smallest absolute Gasteiger partial charge is 0.132 e. The molecule has 3 aromatic heterocycles. The number of thiophene rings is 1. The van der Waals surface area contributed by atoms with Crippen molar-refractivity contribution in [2.75, 3.05) is 18.5 Å². The van der Waals surface area contributed by atoms with Gasteiger partial charge in [-0.2, -0.15) is 0 Å². The second-order valence-electron chi connectivity index (χ2n) is 6.27. The topological polar surface area (TPSA) is 39.1 Å². The Morgan fingerprint density at radius 3 is 2.96 bits per heavy atom. The molecule has 1 aliphatic rings. The number of nitrogens with zero attached hydrogens (tertiary/aromatic N) is 2. The molecule has 1 fully saturated rings. The van der Waals surface area contributed by atoms with Gasteiger partial charge in [-0.3, -0.25) is 0 Å². The predicted molar refractivity (Wildman–Crippen MR) is 108 cm³/mol. The molecule has 4 rings (SSSR count). The third-order valence-corrected chi connectivity index (χ3v) is 6.58. The van der Waals surface area contributed by atoms with E-state index in [9.17, 15) is 0 Å². The molecular weight excluding hydrogens is 422 g/mol. The van der Waals surface area contributed by atoms with Gasteiger partial charge in [-0.05, 0) is 40.2 Å². The quantitative estimate of drug-likeness (QED) is 0.540. The van der Waals surface area contributed by atoms with E-state index in [0.29, 0.717) is 11.1 Å². The molecule has 4 heterocycles. The Balaban J connectivity index is 1.77. The van der Waals surface area contributed by atoms with Crippen LogP contribution in [0.3, 0.4) is 0 Å². The summed E-state index contributed by atoms with van der Waals surface area (Å²) in [7, 11) is 2.11. The number of hydrogen-bond donors (Lipinski definition) is 1. The van der Waals surface area contributed by atoms with Crippen molar-refractivity contribution in [3.63, 3.8) is 0 Å². The Morgan fingerprint density at radius 1 is 1.44 bits per heavy atom. The van der Waals surface area contributed by atoms with E-state index >= 15 is 0 Å². The molecule has 0 aliphatic carbocycles.